The standard InChI is InChI=1S/C19H15NO8S/c21-16(22)2-1-7-20-19(25)10-3-5-12-14(8-10)18(24)15-9-11(29(26,27)28)4-6-13(15)17(12)23/h3-6,8-9H,1-2,7H2,(H,20,25)(H,21,22)(H,26,27,28). The summed E-state index contributed by atoms with van der Waals surface area (Å²) in [6.07, 6.45) is 0.125. The van der Waals surface area contributed by atoms with Crippen molar-refractivity contribution in [3.05, 3.63) is 64.2 Å². The van der Waals surface area contributed by atoms with E-state index in [0.717, 1.165) is 18.2 Å². The molecule has 3 N–H and O–H groups in total. The van der Waals surface area contributed by atoms with Gasteiger partial charge in [-0.15, -0.1) is 0 Å². The summed E-state index contributed by atoms with van der Waals surface area (Å²) in [6.45, 7) is 0.121. The quantitative estimate of drug-likeness (QED) is 0.400. The van der Waals surface area contributed by atoms with Crippen molar-refractivity contribution in [2.45, 2.75) is 17.7 Å². The van der Waals surface area contributed by atoms with Crippen LogP contribution in [0.2, 0.25) is 0 Å². The zero-order chi connectivity index (χ0) is 21.3. The molecule has 3 rings (SSSR count). The third kappa shape index (κ3) is 4.08. The van der Waals surface area contributed by atoms with Gasteiger partial charge in [0.15, 0.2) is 11.6 Å². The van der Waals surface area contributed by atoms with Crippen molar-refractivity contribution in [3.8, 4) is 0 Å². The first-order chi connectivity index (χ1) is 13.6. The first-order valence-electron chi connectivity index (χ1n) is 8.44. The molecule has 0 bridgehead atoms. The second kappa shape index (κ2) is 7.57. The van der Waals surface area contributed by atoms with E-state index in [9.17, 15) is 32.1 Å². The van der Waals surface area contributed by atoms with Crippen LogP contribution in [-0.4, -0.2) is 48.1 Å². The largest absolute Gasteiger partial charge is 0.481 e. The zero-order valence-corrected chi connectivity index (χ0v) is 15.7. The third-order valence-electron chi connectivity index (χ3n) is 4.40. The van der Waals surface area contributed by atoms with Crippen LogP contribution < -0.4 is 5.32 Å². The van der Waals surface area contributed by atoms with Crippen molar-refractivity contribution < 1.29 is 37.3 Å². The highest BCUT2D eigenvalue weighted by molar-refractivity contribution is 7.85. The molecule has 1 amide bonds. The lowest BCUT2D eigenvalue weighted by Gasteiger charge is -2.18. The van der Waals surface area contributed by atoms with Crippen LogP contribution in [0.25, 0.3) is 0 Å². The van der Waals surface area contributed by atoms with E-state index in [1.165, 1.54) is 18.2 Å². The van der Waals surface area contributed by atoms with E-state index in [1.54, 1.807) is 0 Å². The van der Waals surface area contributed by atoms with E-state index in [1.807, 2.05) is 0 Å². The Labute approximate surface area is 165 Å². The number of hydrogen-bond donors (Lipinski definition) is 3. The number of fused-ring (bicyclic) bond motifs is 2. The van der Waals surface area contributed by atoms with Gasteiger partial charge in [0, 0.05) is 40.8 Å². The SMILES string of the molecule is O=C(O)CCCNC(=O)c1ccc2c(c1)C(=O)c1cc(S(=O)(=O)O)ccc1C2=O. The number of nitrogens with one attached hydrogen (secondary N) is 1. The van der Waals surface area contributed by atoms with Crippen molar-refractivity contribution in [1.29, 1.82) is 0 Å². The van der Waals surface area contributed by atoms with Gasteiger partial charge in [0.1, 0.15) is 0 Å². The second-order valence-electron chi connectivity index (χ2n) is 6.35. The highest BCUT2D eigenvalue weighted by Crippen LogP contribution is 2.29. The average molecular weight is 417 g/mol. The zero-order valence-electron chi connectivity index (χ0n) is 14.8. The molecule has 1 aliphatic rings. The van der Waals surface area contributed by atoms with Gasteiger partial charge in [-0.2, -0.15) is 8.42 Å². The number of carbonyl (C=O) groups is 4. The summed E-state index contributed by atoms with van der Waals surface area (Å²) in [5.74, 6) is -2.69. The van der Waals surface area contributed by atoms with Crippen LogP contribution in [0.5, 0.6) is 0 Å². The smallest absolute Gasteiger partial charge is 0.303 e. The van der Waals surface area contributed by atoms with E-state index in [0.29, 0.717) is 0 Å². The van der Waals surface area contributed by atoms with Gasteiger partial charge in [-0.3, -0.25) is 23.7 Å². The van der Waals surface area contributed by atoms with Crippen molar-refractivity contribution in [1.82, 2.24) is 5.32 Å². The highest BCUT2D eigenvalue weighted by Gasteiger charge is 2.31. The summed E-state index contributed by atoms with van der Waals surface area (Å²) in [4.78, 5) is 47.7. The van der Waals surface area contributed by atoms with Gasteiger partial charge >= 0.3 is 5.97 Å². The van der Waals surface area contributed by atoms with Crippen LogP contribution in [0.1, 0.15) is 55.0 Å². The lowest BCUT2D eigenvalue weighted by molar-refractivity contribution is -0.137. The molecule has 29 heavy (non-hydrogen) atoms. The second-order valence-corrected chi connectivity index (χ2v) is 7.78. The lowest BCUT2D eigenvalue weighted by atomic mass is 9.83. The molecule has 0 saturated heterocycles. The van der Waals surface area contributed by atoms with E-state index < -0.39 is 38.5 Å². The summed E-state index contributed by atoms with van der Waals surface area (Å²) in [5.41, 5.74) is -0.0790. The molecule has 150 valence electrons. The Morgan fingerprint density at radius 3 is 2.10 bits per heavy atom. The molecule has 0 unspecified atom stereocenters. The molecule has 0 spiro atoms. The first-order valence-corrected chi connectivity index (χ1v) is 9.88. The fraction of sp³-hybridized carbons (Fsp3) is 0.158. The number of carboxylic acids is 1. The van der Waals surface area contributed by atoms with E-state index >= 15 is 0 Å². The van der Waals surface area contributed by atoms with Crippen molar-refractivity contribution in [2.24, 2.45) is 0 Å². The molecule has 10 heteroatoms. The Kier molecular flexibility index (Phi) is 5.31. The number of amides is 1. The number of rotatable bonds is 6. The predicted molar refractivity (Wildman–Crippen MR) is 98.8 cm³/mol. The number of carboxylic acid groups (broad SMARTS) is 1. The Morgan fingerprint density at radius 1 is 0.897 bits per heavy atom. The minimum absolute atomic E-state index is 0.000715. The van der Waals surface area contributed by atoms with E-state index in [-0.39, 0.29) is 47.2 Å². The van der Waals surface area contributed by atoms with Gasteiger partial charge in [-0.05, 0) is 42.8 Å². The Hall–Kier alpha value is -3.37. The average Bonchev–Trinajstić information content (AvgIpc) is 2.67. The molecular formula is C19H15NO8S. The minimum Gasteiger partial charge on any atom is -0.481 e. The van der Waals surface area contributed by atoms with Gasteiger partial charge in [0.2, 0.25) is 0 Å². The molecule has 0 saturated carbocycles. The number of hydrogen-bond acceptors (Lipinski definition) is 6. The number of benzene rings is 2. The molecule has 0 heterocycles. The maximum atomic E-state index is 12.8. The molecule has 0 fully saturated rings. The maximum Gasteiger partial charge on any atom is 0.303 e. The molecule has 2 aromatic carbocycles. The van der Waals surface area contributed by atoms with Gasteiger partial charge in [-0.1, -0.05) is 0 Å². The minimum atomic E-state index is -4.56. The van der Waals surface area contributed by atoms with E-state index in [2.05, 4.69) is 5.32 Å². The molecule has 2 aromatic rings. The summed E-state index contributed by atoms with van der Waals surface area (Å²) >= 11 is 0. The highest BCUT2D eigenvalue weighted by atomic mass is 32.2. The fourth-order valence-electron chi connectivity index (χ4n) is 2.97. The monoisotopic (exact) mass is 417 g/mol. The molecule has 0 atom stereocenters. The number of ketones is 2. The summed E-state index contributed by atoms with van der Waals surface area (Å²) in [7, 11) is -4.56. The van der Waals surface area contributed by atoms with Crippen molar-refractivity contribution in [2.75, 3.05) is 6.54 Å². The number of carbonyl (C=O) groups excluding carboxylic acids is 3. The molecular weight excluding hydrogens is 402 g/mol. The summed E-state index contributed by atoms with van der Waals surface area (Å²) < 4.78 is 31.8. The lowest BCUT2D eigenvalue weighted by Crippen LogP contribution is -2.26. The van der Waals surface area contributed by atoms with Gasteiger partial charge in [0.05, 0.1) is 4.90 Å². The Bertz CT molecular complexity index is 1170. The molecule has 0 aliphatic heterocycles. The fourth-order valence-corrected chi connectivity index (χ4v) is 3.48. The van der Waals surface area contributed by atoms with Crippen LogP contribution in [-0.2, 0) is 14.9 Å². The third-order valence-corrected chi connectivity index (χ3v) is 5.25. The van der Waals surface area contributed by atoms with Crippen LogP contribution in [0.15, 0.2) is 41.3 Å². The molecule has 1 aliphatic carbocycles. The predicted octanol–water partition coefficient (Wildman–Crippen LogP) is 1.30. The van der Waals surface area contributed by atoms with Gasteiger partial charge in [0.25, 0.3) is 16.0 Å². The Balaban J connectivity index is 1.91. The van der Waals surface area contributed by atoms with Crippen LogP contribution in [0.3, 0.4) is 0 Å². The maximum absolute atomic E-state index is 12.8. The van der Waals surface area contributed by atoms with Crippen LogP contribution in [0, 0.1) is 0 Å². The summed E-state index contributed by atoms with van der Waals surface area (Å²) in [5, 5.41) is 11.1. The van der Waals surface area contributed by atoms with Gasteiger partial charge in [-0.25, -0.2) is 0 Å². The Morgan fingerprint density at radius 2 is 1.48 bits per heavy atom. The first kappa shape index (κ1) is 20.4. The summed E-state index contributed by atoms with van der Waals surface area (Å²) in [6, 6.07) is 7.04. The molecule has 0 aromatic heterocycles. The number of aliphatic carboxylic acids is 1. The van der Waals surface area contributed by atoms with Crippen LogP contribution in [0.4, 0.5) is 0 Å². The van der Waals surface area contributed by atoms with Crippen molar-refractivity contribution in [3.63, 3.8) is 0 Å². The van der Waals surface area contributed by atoms with Gasteiger partial charge < -0.3 is 10.4 Å². The topological polar surface area (TPSA) is 155 Å². The molecule has 9 nitrogen and oxygen atoms in total. The normalized spacial score (nSPS) is 12.9. The molecule has 0 radical (unpaired) electrons. The van der Waals surface area contributed by atoms with E-state index in [4.69, 9.17) is 5.11 Å². The van der Waals surface area contributed by atoms with Crippen molar-refractivity contribution >= 4 is 33.6 Å². The van der Waals surface area contributed by atoms with Crippen LogP contribution >= 0.6 is 0 Å².